The van der Waals surface area contributed by atoms with Gasteiger partial charge in [0.2, 0.25) is 0 Å². The highest BCUT2D eigenvalue weighted by atomic mass is 14.1. The maximum atomic E-state index is 3.94. The van der Waals surface area contributed by atoms with Crippen molar-refractivity contribution in [2.75, 3.05) is 0 Å². The third-order valence-corrected chi connectivity index (χ3v) is 3.09. The second-order valence-corrected chi connectivity index (χ2v) is 4.24. The van der Waals surface area contributed by atoms with Crippen LogP contribution in [0.15, 0.2) is 49.6 Å². The predicted molar refractivity (Wildman–Crippen MR) is 83.6 cm³/mol. The summed E-state index contributed by atoms with van der Waals surface area (Å²) >= 11 is 0. The topological polar surface area (TPSA) is 0 Å². The number of benzene rings is 1. The second kappa shape index (κ2) is 6.80. The van der Waals surface area contributed by atoms with E-state index in [0.29, 0.717) is 0 Å². The minimum absolute atomic E-state index is 1.00. The van der Waals surface area contributed by atoms with Gasteiger partial charge < -0.3 is 0 Å². The molecule has 1 aromatic carbocycles. The lowest BCUT2D eigenvalue weighted by molar-refractivity contribution is 1.11. The minimum atomic E-state index is 1.00. The van der Waals surface area contributed by atoms with Crippen molar-refractivity contribution in [2.24, 2.45) is 0 Å². The van der Waals surface area contributed by atoms with E-state index in [4.69, 9.17) is 0 Å². The molecule has 0 bridgehead atoms. The number of hydrogen-bond acceptors (Lipinski definition) is 0. The number of aryl methyl sites for hydroxylation is 1. The van der Waals surface area contributed by atoms with E-state index in [1.165, 1.54) is 27.8 Å². The molecule has 0 heteroatoms. The molecule has 0 saturated heterocycles. The van der Waals surface area contributed by atoms with Crippen LogP contribution in [-0.2, 0) is 6.42 Å². The minimum Gasteiger partial charge on any atom is -0.0990 e. The van der Waals surface area contributed by atoms with Crippen molar-refractivity contribution >= 4 is 11.6 Å². The summed E-state index contributed by atoms with van der Waals surface area (Å²) in [5, 5.41) is 0. The van der Waals surface area contributed by atoms with Crippen molar-refractivity contribution in [3.63, 3.8) is 0 Å². The monoisotopic (exact) mass is 238 g/mol. The molecule has 94 valence electrons. The summed E-state index contributed by atoms with van der Waals surface area (Å²) in [6.07, 6.45) is 11.0. The molecule has 0 fully saturated rings. The lowest BCUT2D eigenvalue weighted by atomic mass is 9.90. The second-order valence-electron chi connectivity index (χ2n) is 4.24. The highest BCUT2D eigenvalue weighted by Gasteiger charge is 2.09. The molecule has 0 saturated carbocycles. The third kappa shape index (κ3) is 2.89. The van der Waals surface area contributed by atoms with E-state index in [9.17, 15) is 0 Å². The van der Waals surface area contributed by atoms with Crippen LogP contribution in [0.2, 0.25) is 0 Å². The number of rotatable bonds is 5. The van der Waals surface area contributed by atoms with Gasteiger partial charge in [-0.15, -0.1) is 0 Å². The van der Waals surface area contributed by atoms with Gasteiger partial charge in [-0.3, -0.25) is 0 Å². The quantitative estimate of drug-likeness (QED) is 0.607. The summed E-state index contributed by atoms with van der Waals surface area (Å²) in [4.78, 5) is 0. The normalized spacial score (nSPS) is 11.8. The molecule has 0 aliphatic rings. The zero-order valence-corrected chi connectivity index (χ0v) is 11.7. The van der Waals surface area contributed by atoms with Crippen molar-refractivity contribution < 1.29 is 0 Å². The van der Waals surface area contributed by atoms with Crippen LogP contribution in [0.25, 0.3) is 11.6 Å². The summed E-state index contributed by atoms with van der Waals surface area (Å²) in [5.41, 5.74) is 6.37. The van der Waals surface area contributed by atoms with E-state index in [-0.39, 0.29) is 0 Å². The van der Waals surface area contributed by atoms with Gasteiger partial charge in [0.15, 0.2) is 0 Å². The van der Waals surface area contributed by atoms with Crippen LogP contribution in [-0.4, -0.2) is 0 Å². The predicted octanol–water partition coefficient (Wildman–Crippen LogP) is 5.35. The molecule has 1 rings (SSSR count). The first kappa shape index (κ1) is 14.2. The molecule has 0 N–H and O–H groups in total. The smallest absolute Gasteiger partial charge is 0.0146 e. The molecule has 0 unspecified atom stereocenters. The molecule has 0 heterocycles. The summed E-state index contributed by atoms with van der Waals surface area (Å²) < 4.78 is 0. The molecule has 18 heavy (non-hydrogen) atoms. The summed E-state index contributed by atoms with van der Waals surface area (Å²) in [6, 6.07) is 4.35. The van der Waals surface area contributed by atoms with Gasteiger partial charge >= 0.3 is 0 Å². The summed E-state index contributed by atoms with van der Waals surface area (Å²) in [6.45, 7) is 14.1. The Morgan fingerprint density at radius 1 is 1.28 bits per heavy atom. The van der Waals surface area contributed by atoms with Crippen molar-refractivity contribution in [3.05, 3.63) is 71.8 Å². The number of allylic oxidation sites excluding steroid dienone is 5. The fourth-order valence-electron chi connectivity index (χ4n) is 2.26. The Labute approximate surface area is 111 Å². The number of hydrogen-bond donors (Lipinski definition) is 0. The zero-order chi connectivity index (χ0) is 13.5. The fourth-order valence-corrected chi connectivity index (χ4v) is 2.26. The van der Waals surface area contributed by atoms with E-state index >= 15 is 0 Å². The molecule has 0 radical (unpaired) electrons. The van der Waals surface area contributed by atoms with Gasteiger partial charge in [0.25, 0.3) is 0 Å². The molecular weight excluding hydrogens is 216 g/mol. The highest BCUT2D eigenvalue weighted by molar-refractivity contribution is 5.79. The van der Waals surface area contributed by atoms with E-state index in [2.05, 4.69) is 57.4 Å². The lowest BCUT2D eigenvalue weighted by Gasteiger charge is -2.14. The maximum absolute atomic E-state index is 3.94. The van der Waals surface area contributed by atoms with Crippen LogP contribution in [0.4, 0.5) is 0 Å². The van der Waals surface area contributed by atoms with Crippen molar-refractivity contribution in [1.29, 1.82) is 0 Å². The lowest BCUT2D eigenvalue weighted by Crippen LogP contribution is -1.97. The Kier molecular flexibility index (Phi) is 5.38. The van der Waals surface area contributed by atoms with Crippen molar-refractivity contribution in [2.45, 2.75) is 27.2 Å². The molecule has 0 spiro atoms. The summed E-state index contributed by atoms with van der Waals surface area (Å²) in [7, 11) is 0. The summed E-state index contributed by atoms with van der Waals surface area (Å²) in [5.74, 6) is 0. The standard InChI is InChI=1S/C18H22/c1-6-10-15(11-7-2)18-13-12-14(5)16(8-3)17(18)9-4/h6-8,10-13H,1,3,9H2,2,4-5H3/b11-7-,15-10+. The van der Waals surface area contributed by atoms with Crippen LogP contribution in [0.5, 0.6) is 0 Å². The molecule has 0 aliphatic carbocycles. The first-order chi connectivity index (χ1) is 8.69. The Balaban J connectivity index is 3.53. The van der Waals surface area contributed by atoms with Gasteiger partial charge in [0.1, 0.15) is 0 Å². The fraction of sp³-hybridized carbons (Fsp3) is 0.222. The van der Waals surface area contributed by atoms with Crippen LogP contribution < -0.4 is 0 Å². The van der Waals surface area contributed by atoms with Gasteiger partial charge in [-0.1, -0.05) is 62.6 Å². The Morgan fingerprint density at radius 2 is 2.00 bits per heavy atom. The van der Waals surface area contributed by atoms with E-state index in [1.54, 1.807) is 0 Å². The van der Waals surface area contributed by atoms with E-state index in [1.807, 2.05) is 19.1 Å². The van der Waals surface area contributed by atoms with Crippen LogP contribution in [0.3, 0.4) is 0 Å². The van der Waals surface area contributed by atoms with E-state index in [0.717, 1.165) is 6.42 Å². The van der Waals surface area contributed by atoms with Crippen molar-refractivity contribution in [1.82, 2.24) is 0 Å². The van der Waals surface area contributed by atoms with Crippen LogP contribution in [0, 0.1) is 6.92 Å². The largest absolute Gasteiger partial charge is 0.0990 e. The maximum Gasteiger partial charge on any atom is -0.0146 e. The van der Waals surface area contributed by atoms with Crippen LogP contribution in [0.1, 0.15) is 36.1 Å². The van der Waals surface area contributed by atoms with E-state index < -0.39 is 0 Å². The molecule has 0 aromatic heterocycles. The molecular formula is C18H22. The highest BCUT2D eigenvalue weighted by Crippen LogP contribution is 2.27. The average molecular weight is 238 g/mol. The SMILES string of the molecule is C=C/C=C(\C=C/C)c1ccc(C)c(C=C)c1CC. The first-order valence-corrected chi connectivity index (χ1v) is 6.40. The molecule has 0 atom stereocenters. The molecule has 0 amide bonds. The molecule has 0 aliphatic heterocycles. The van der Waals surface area contributed by atoms with Gasteiger partial charge in [-0.2, -0.15) is 0 Å². The molecule has 0 nitrogen and oxygen atoms in total. The first-order valence-electron chi connectivity index (χ1n) is 6.40. The Hall–Kier alpha value is -1.82. The Bertz CT molecular complexity index is 499. The van der Waals surface area contributed by atoms with Crippen LogP contribution >= 0.6 is 0 Å². The Morgan fingerprint density at radius 3 is 2.50 bits per heavy atom. The zero-order valence-electron chi connectivity index (χ0n) is 11.7. The van der Waals surface area contributed by atoms with Gasteiger partial charge in [0, 0.05) is 0 Å². The van der Waals surface area contributed by atoms with Gasteiger partial charge in [-0.05, 0) is 48.1 Å². The third-order valence-electron chi connectivity index (χ3n) is 3.09. The van der Waals surface area contributed by atoms with Crippen molar-refractivity contribution in [3.8, 4) is 0 Å². The average Bonchev–Trinajstić information content (AvgIpc) is 2.38. The molecule has 1 aromatic rings. The van der Waals surface area contributed by atoms with Gasteiger partial charge in [0.05, 0.1) is 0 Å². The van der Waals surface area contributed by atoms with Gasteiger partial charge in [-0.25, -0.2) is 0 Å².